The van der Waals surface area contributed by atoms with Crippen LogP contribution < -0.4 is 5.32 Å². The van der Waals surface area contributed by atoms with Gasteiger partial charge in [0.2, 0.25) is 0 Å². The Bertz CT molecular complexity index is 413. The van der Waals surface area contributed by atoms with Gasteiger partial charge in [-0.1, -0.05) is 31.7 Å². The maximum Gasteiger partial charge on any atom is 0.302 e. The number of nitrogens with zero attached hydrogens (tertiary/aromatic N) is 1. The van der Waals surface area contributed by atoms with E-state index in [-0.39, 0.29) is 23.6 Å². The summed E-state index contributed by atoms with van der Waals surface area (Å²) in [7, 11) is 0. The summed E-state index contributed by atoms with van der Waals surface area (Å²) in [6, 6.07) is 0.257. The van der Waals surface area contributed by atoms with E-state index < -0.39 is 0 Å². The number of amidine groups is 1. The Morgan fingerprint density at radius 1 is 1.55 bits per heavy atom. The van der Waals surface area contributed by atoms with Crippen molar-refractivity contribution in [3.63, 3.8) is 0 Å². The molecule has 0 saturated carbocycles. The van der Waals surface area contributed by atoms with E-state index >= 15 is 0 Å². The highest BCUT2D eigenvalue weighted by Gasteiger charge is 2.46. The van der Waals surface area contributed by atoms with E-state index in [1.807, 2.05) is 0 Å². The molecule has 0 bridgehead atoms. The van der Waals surface area contributed by atoms with Gasteiger partial charge in [0.25, 0.3) is 0 Å². The van der Waals surface area contributed by atoms with Crippen molar-refractivity contribution >= 4 is 22.9 Å². The minimum atomic E-state index is -0.263. The van der Waals surface area contributed by atoms with E-state index in [1.165, 1.54) is 6.92 Å². The zero-order valence-corrected chi connectivity index (χ0v) is 13.0. The number of rotatable bonds is 4. The molecule has 0 radical (unpaired) electrons. The van der Waals surface area contributed by atoms with Crippen molar-refractivity contribution in [2.75, 3.05) is 13.2 Å². The molecule has 2 fully saturated rings. The standard InChI is InChI=1S/C14H22N2O3S/c1-5-6-15-14-16-12-9(3)8(2)11(7-18-10(4)17)19-13(12)20-14/h5,8-9,11-13H,1,6-7H2,2-4H3,(H,15,16)/t8-,9-,11+,12?,13?/m0/s1. The maximum atomic E-state index is 10.9. The first-order valence-electron chi connectivity index (χ1n) is 6.90. The second-order valence-corrected chi connectivity index (χ2v) is 6.37. The Hall–Kier alpha value is -1.01. The topological polar surface area (TPSA) is 59.9 Å². The molecule has 2 aliphatic rings. The molecule has 0 aromatic heterocycles. The molecular formula is C14H22N2O3S. The van der Waals surface area contributed by atoms with Crippen LogP contribution in [0.3, 0.4) is 0 Å². The smallest absolute Gasteiger partial charge is 0.302 e. The van der Waals surface area contributed by atoms with Crippen molar-refractivity contribution < 1.29 is 14.3 Å². The number of fused-ring (bicyclic) bond motifs is 1. The molecule has 2 rings (SSSR count). The molecule has 0 aromatic rings. The van der Waals surface area contributed by atoms with Crippen molar-refractivity contribution in [3.05, 3.63) is 12.7 Å². The fraction of sp³-hybridized carbons (Fsp3) is 0.714. The second-order valence-electron chi connectivity index (χ2n) is 5.29. The number of thioether (sulfide) groups is 1. The van der Waals surface area contributed by atoms with Gasteiger partial charge in [0.05, 0.1) is 18.7 Å². The third-order valence-electron chi connectivity index (χ3n) is 3.92. The first-order chi connectivity index (χ1) is 9.52. The highest BCUT2D eigenvalue weighted by atomic mass is 32.2. The highest BCUT2D eigenvalue weighted by Crippen LogP contribution is 2.39. The number of hydrogen-bond acceptors (Lipinski definition) is 5. The van der Waals surface area contributed by atoms with Crippen LogP contribution in [0, 0.1) is 11.8 Å². The molecule has 1 N–H and O–H groups in total. The Balaban J connectivity index is 2.01. The molecule has 2 saturated heterocycles. The van der Waals surface area contributed by atoms with E-state index in [0.717, 1.165) is 5.17 Å². The van der Waals surface area contributed by atoms with E-state index in [4.69, 9.17) is 9.47 Å². The highest BCUT2D eigenvalue weighted by molar-refractivity contribution is 8.14. The van der Waals surface area contributed by atoms with Gasteiger partial charge in [0.15, 0.2) is 5.17 Å². The summed E-state index contributed by atoms with van der Waals surface area (Å²) in [5.41, 5.74) is 0.0327. The number of ether oxygens (including phenoxy) is 2. The summed E-state index contributed by atoms with van der Waals surface area (Å²) in [6.45, 7) is 10.4. The number of carbonyl (C=O) groups is 1. The Morgan fingerprint density at radius 2 is 2.30 bits per heavy atom. The van der Waals surface area contributed by atoms with Gasteiger partial charge in [-0.25, -0.2) is 0 Å². The lowest BCUT2D eigenvalue weighted by molar-refractivity contribution is -0.153. The molecule has 5 atom stereocenters. The Morgan fingerprint density at radius 3 is 2.95 bits per heavy atom. The molecule has 2 heterocycles. The Kier molecular flexibility index (Phi) is 5.10. The van der Waals surface area contributed by atoms with Crippen molar-refractivity contribution in [3.8, 4) is 0 Å². The number of carbonyl (C=O) groups excluding carboxylic acids is 1. The SMILES string of the molecule is C=CCN=C1NC2C(O[C@H](COC(C)=O)[C@@H](C)[C@@H]2C)S1. The van der Waals surface area contributed by atoms with Crippen LogP contribution in [-0.4, -0.2) is 41.9 Å². The lowest BCUT2D eigenvalue weighted by Crippen LogP contribution is -2.52. The van der Waals surface area contributed by atoms with Crippen molar-refractivity contribution in [1.29, 1.82) is 0 Å². The van der Waals surface area contributed by atoms with Crippen LogP contribution in [0.1, 0.15) is 20.8 Å². The summed E-state index contributed by atoms with van der Waals surface area (Å²) in [5, 5.41) is 4.34. The molecule has 0 aliphatic carbocycles. The summed E-state index contributed by atoms with van der Waals surface area (Å²) in [5.74, 6) is 0.488. The minimum Gasteiger partial charge on any atom is -0.463 e. The van der Waals surface area contributed by atoms with Crippen LogP contribution >= 0.6 is 11.8 Å². The summed E-state index contributed by atoms with van der Waals surface area (Å²) in [4.78, 5) is 15.4. The van der Waals surface area contributed by atoms with Crippen LogP contribution in [0.25, 0.3) is 0 Å². The lowest BCUT2D eigenvalue weighted by Gasteiger charge is -2.40. The molecule has 20 heavy (non-hydrogen) atoms. The number of esters is 1. The van der Waals surface area contributed by atoms with E-state index in [1.54, 1.807) is 17.8 Å². The number of nitrogens with one attached hydrogen (secondary N) is 1. The van der Waals surface area contributed by atoms with Gasteiger partial charge >= 0.3 is 5.97 Å². The Labute approximate surface area is 124 Å². The van der Waals surface area contributed by atoms with Crippen molar-refractivity contribution in [1.82, 2.24) is 5.32 Å². The second kappa shape index (κ2) is 6.63. The molecule has 0 spiro atoms. The molecule has 5 nitrogen and oxygen atoms in total. The van der Waals surface area contributed by atoms with Crippen LogP contribution in [0.5, 0.6) is 0 Å². The zero-order valence-electron chi connectivity index (χ0n) is 12.2. The van der Waals surface area contributed by atoms with Gasteiger partial charge in [-0.2, -0.15) is 0 Å². The number of hydrogen-bond donors (Lipinski definition) is 1. The van der Waals surface area contributed by atoms with Gasteiger partial charge in [-0.3, -0.25) is 9.79 Å². The summed E-state index contributed by atoms with van der Waals surface area (Å²) >= 11 is 1.61. The van der Waals surface area contributed by atoms with Crippen molar-refractivity contribution in [2.45, 2.75) is 38.4 Å². The molecule has 0 aromatic carbocycles. The average Bonchev–Trinajstić information content (AvgIpc) is 2.82. The lowest BCUT2D eigenvalue weighted by atomic mass is 9.83. The quantitative estimate of drug-likeness (QED) is 0.633. The normalized spacial score (nSPS) is 38.1. The largest absolute Gasteiger partial charge is 0.463 e. The maximum absolute atomic E-state index is 10.9. The first kappa shape index (κ1) is 15.4. The van der Waals surface area contributed by atoms with Gasteiger partial charge in [0, 0.05) is 6.92 Å². The molecular weight excluding hydrogens is 276 g/mol. The molecule has 6 heteroatoms. The van der Waals surface area contributed by atoms with Crippen LogP contribution in [-0.2, 0) is 14.3 Å². The minimum absolute atomic E-state index is 0.0327. The fourth-order valence-corrected chi connectivity index (χ4v) is 3.74. The monoisotopic (exact) mass is 298 g/mol. The molecule has 0 amide bonds. The number of aliphatic imine (C=N–C) groups is 1. The predicted molar refractivity (Wildman–Crippen MR) is 80.6 cm³/mol. The van der Waals surface area contributed by atoms with E-state index in [9.17, 15) is 4.79 Å². The molecule has 2 aliphatic heterocycles. The summed E-state index contributed by atoms with van der Waals surface area (Å²) in [6.07, 6.45) is 1.72. The van der Waals surface area contributed by atoms with Gasteiger partial charge in [-0.05, 0) is 11.8 Å². The van der Waals surface area contributed by atoms with Crippen LogP contribution in [0.15, 0.2) is 17.6 Å². The molecule has 112 valence electrons. The summed E-state index contributed by atoms with van der Waals surface area (Å²) < 4.78 is 11.2. The van der Waals surface area contributed by atoms with E-state index in [2.05, 4.69) is 30.7 Å². The van der Waals surface area contributed by atoms with Crippen LogP contribution in [0.4, 0.5) is 0 Å². The van der Waals surface area contributed by atoms with Crippen molar-refractivity contribution in [2.24, 2.45) is 16.8 Å². The third-order valence-corrected chi connectivity index (χ3v) is 5.02. The van der Waals surface area contributed by atoms with Gasteiger partial charge in [0.1, 0.15) is 12.0 Å². The first-order valence-corrected chi connectivity index (χ1v) is 7.78. The average molecular weight is 298 g/mol. The van der Waals surface area contributed by atoms with E-state index in [0.29, 0.717) is 25.0 Å². The fourth-order valence-electron chi connectivity index (χ4n) is 2.50. The predicted octanol–water partition coefficient (Wildman–Crippen LogP) is 1.79. The molecule has 2 unspecified atom stereocenters. The van der Waals surface area contributed by atoms with Gasteiger partial charge in [-0.15, -0.1) is 6.58 Å². The van der Waals surface area contributed by atoms with Gasteiger partial charge < -0.3 is 14.8 Å². The third kappa shape index (κ3) is 3.35. The zero-order chi connectivity index (χ0) is 14.7. The van der Waals surface area contributed by atoms with Crippen LogP contribution in [0.2, 0.25) is 0 Å².